The number of rotatable bonds is 6. The predicted octanol–water partition coefficient (Wildman–Crippen LogP) is 3.58. The number of benzene rings is 1. The summed E-state index contributed by atoms with van der Waals surface area (Å²) < 4.78 is 39.4. The molecule has 8 heteroatoms. The summed E-state index contributed by atoms with van der Waals surface area (Å²) in [6.45, 7) is 1.63. The van der Waals surface area contributed by atoms with E-state index >= 15 is 0 Å². The van der Waals surface area contributed by atoms with Crippen molar-refractivity contribution in [3.05, 3.63) is 42.5 Å². The van der Waals surface area contributed by atoms with Gasteiger partial charge in [-0.15, -0.1) is 11.8 Å². The van der Waals surface area contributed by atoms with Crippen LogP contribution in [0.3, 0.4) is 0 Å². The van der Waals surface area contributed by atoms with E-state index in [9.17, 15) is 18.0 Å². The highest BCUT2D eigenvalue weighted by atomic mass is 32.2. The van der Waals surface area contributed by atoms with Crippen LogP contribution in [0, 0.1) is 5.82 Å². The van der Waals surface area contributed by atoms with Gasteiger partial charge in [0.25, 0.3) is 0 Å². The molecule has 0 unspecified atom stereocenters. The number of nitrogens with one attached hydrogen (secondary N) is 1. The van der Waals surface area contributed by atoms with Crippen LogP contribution >= 0.6 is 11.8 Å². The van der Waals surface area contributed by atoms with E-state index in [1.807, 2.05) is 0 Å². The van der Waals surface area contributed by atoms with Crippen molar-refractivity contribution in [2.24, 2.45) is 0 Å². The molecule has 2 rings (SSSR count). The average molecular weight is 329 g/mol. The third-order valence-electron chi connectivity index (χ3n) is 2.87. The number of carbonyl (C=O) groups excluding carboxylic acids is 1. The van der Waals surface area contributed by atoms with Gasteiger partial charge in [0.1, 0.15) is 11.9 Å². The summed E-state index contributed by atoms with van der Waals surface area (Å²) in [4.78, 5) is 12.6. The second-order valence-corrected chi connectivity index (χ2v) is 5.56. The topological polar surface area (TPSA) is 46.9 Å². The Balaban J connectivity index is 2.13. The summed E-state index contributed by atoms with van der Waals surface area (Å²) in [6.07, 6.45) is 0.680. The second-order valence-electron chi connectivity index (χ2n) is 4.49. The zero-order valence-electron chi connectivity index (χ0n) is 11.7. The van der Waals surface area contributed by atoms with E-state index in [1.165, 1.54) is 23.0 Å². The molecule has 4 nitrogen and oxygen atoms in total. The smallest absolute Gasteiger partial charge is 0.248 e. The Morgan fingerprint density at radius 1 is 1.45 bits per heavy atom. The first kappa shape index (κ1) is 16.4. The van der Waals surface area contributed by atoms with Gasteiger partial charge in [-0.05, 0) is 31.2 Å². The Bertz CT molecular complexity index is 634. The van der Waals surface area contributed by atoms with Crippen LogP contribution in [-0.2, 0) is 4.79 Å². The number of hydrogen-bond donors (Lipinski definition) is 1. The summed E-state index contributed by atoms with van der Waals surface area (Å²) in [5.74, 6) is -1.39. The van der Waals surface area contributed by atoms with Gasteiger partial charge in [0.2, 0.25) is 12.3 Å². The lowest BCUT2D eigenvalue weighted by Crippen LogP contribution is -2.24. The first-order chi connectivity index (χ1) is 10.5. The molecular weight excluding hydrogens is 315 g/mol. The molecule has 0 aliphatic carbocycles. The number of aromatic nitrogens is 2. The van der Waals surface area contributed by atoms with Crippen LogP contribution < -0.4 is 5.32 Å². The zero-order chi connectivity index (χ0) is 16.1. The fraction of sp³-hybridized carbons (Fsp3) is 0.286. The maximum absolute atomic E-state index is 13.3. The molecule has 0 aliphatic heterocycles. The Morgan fingerprint density at radius 3 is 2.86 bits per heavy atom. The number of halogens is 3. The highest BCUT2D eigenvalue weighted by Crippen LogP contribution is 2.29. The van der Waals surface area contributed by atoms with E-state index in [4.69, 9.17) is 0 Å². The van der Waals surface area contributed by atoms with Gasteiger partial charge in [-0.2, -0.15) is 5.10 Å². The highest BCUT2D eigenvalue weighted by molar-refractivity contribution is 7.99. The van der Waals surface area contributed by atoms with Crippen molar-refractivity contribution in [2.75, 3.05) is 11.1 Å². The van der Waals surface area contributed by atoms with Crippen molar-refractivity contribution in [2.45, 2.75) is 24.3 Å². The van der Waals surface area contributed by atoms with Crippen LogP contribution in [0.2, 0.25) is 0 Å². The third-order valence-corrected chi connectivity index (χ3v) is 3.95. The Labute approximate surface area is 129 Å². The molecule has 22 heavy (non-hydrogen) atoms. The summed E-state index contributed by atoms with van der Waals surface area (Å²) >= 11 is 0.861. The van der Waals surface area contributed by atoms with E-state index < -0.39 is 29.9 Å². The average Bonchev–Trinajstić information content (AvgIpc) is 2.99. The van der Waals surface area contributed by atoms with E-state index in [0.717, 1.165) is 17.8 Å². The molecule has 0 bridgehead atoms. The van der Waals surface area contributed by atoms with Crippen LogP contribution in [0.4, 0.5) is 18.9 Å². The van der Waals surface area contributed by atoms with E-state index in [1.54, 1.807) is 19.2 Å². The SMILES string of the molecule is C[C@H](C(=O)Nc1cc(F)ccc1SCC(F)F)n1cccn1. The van der Waals surface area contributed by atoms with E-state index in [2.05, 4.69) is 10.4 Å². The van der Waals surface area contributed by atoms with Gasteiger partial charge >= 0.3 is 0 Å². The first-order valence-electron chi connectivity index (χ1n) is 6.48. The summed E-state index contributed by atoms with van der Waals surface area (Å²) in [5.41, 5.74) is 0.176. The molecule has 1 amide bonds. The van der Waals surface area contributed by atoms with Crippen molar-refractivity contribution < 1.29 is 18.0 Å². The molecule has 1 aromatic heterocycles. The summed E-state index contributed by atoms with van der Waals surface area (Å²) in [6, 6.07) is 4.72. The molecule has 0 spiro atoms. The maximum Gasteiger partial charge on any atom is 0.248 e. The fourth-order valence-electron chi connectivity index (χ4n) is 1.75. The Kier molecular flexibility index (Phi) is 5.48. The number of carbonyl (C=O) groups is 1. The standard InChI is InChI=1S/C14H14F3N3OS/c1-9(20-6-2-5-18-20)14(21)19-11-7-10(15)3-4-12(11)22-8-13(16)17/h2-7,9,13H,8H2,1H3,(H,19,21)/t9-/m1/s1. The van der Waals surface area contributed by atoms with Gasteiger partial charge in [-0.1, -0.05) is 0 Å². The number of nitrogens with zero attached hydrogens (tertiary/aromatic N) is 2. The lowest BCUT2D eigenvalue weighted by Gasteiger charge is -2.15. The highest BCUT2D eigenvalue weighted by Gasteiger charge is 2.17. The quantitative estimate of drug-likeness (QED) is 0.824. The van der Waals surface area contributed by atoms with Crippen LogP contribution in [0.25, 0.3) is 0 Å². The van der Waals surface area contributed by atoms with Crippen LogP contribution in [0.15, 0.2) is 41.6 Å². The lowest BCUT2D eigenvalue weighted by molar-refractivity contribution is -0.119. The van der Waals surface area contributed by atoms with Gasteiger partial charge in [-0.25, -0.2) is 13.2 Å². The van der Waals surface area contributed by atoms with E-state index in [-0.39, 0.29) is 5.69 Å². The minimum Gasteiger partial charge on any atom is -0.323 e. The van der Waals surface area contributed by atoms with Gasteiger partial charge in [0, 0.05) is 17.3 Å². The molecule has 2 aromatic rings. The zero-order valence-corrected chi connectivity index (χ0v) is 12.5. The maximum atomic E-state index is 13.3. The van der Waals surface area contributed by atoms with Gasteiger partial charge in [-0.3, -0.25) is 9.48 Å². The van der Waals surface area contributed by atoms with Crippen molar-refractivity contribution in [3.63, 3.8) is 0 Å². The van der Waals surface area contributed by atoms with Crippen molar-refractivity contribution >= 4 is 23.4 Å². The summed E-state index contributed by atoms with van der Waals surface area (Å²) in [5, 5.41) is 6.51. The number of amides is 1. The molecule has 1 atom stereocenters. The normalized spacial score (nSPS) is 12.4. The number of anilines is 1. The van der Waals surface area contributed by atoms with Crippen LogP contribution in [-0.4, -0.2) is 27.9 Å². The van der Waals surface area contributed by atoms with Crippen molar-refractivity contribution in [3.8, 4) is 0 Å². The molecule has 0 saturated heterocycles. The molecule has 0 saturated carbocycles. The first-order valence-corrected chi connectivity index (χ1v) is 7.46. The summed E-state index contributed by atoms with van der Waals surface area (Å²) in [7, 11) is 0. The van der Waals surface area contributed by atoms with E-state index in [0.29, 0.717) is 4.90 Å². The predicted molar refractivity (Wildman–Crippen MR) is 78.7 cm³/mol. The molecular formula is C14H14F3N3OS. The van der Waals surface area contributed by atoms with Crippen molar-refractivity contribution in [1.29, 1.82) is 0 Å². The lowest BCUT2D eigenvalue weighted by atomic mass is 10.2. The molecule has 1 N–H and O–H groups in total. The largest absolute Gasteiger partial charge is 0.323 e. The molecule has 1 heterocycles. The molecule has 118 valence electrons. The number of hydrogen-bond acceptors (Lipinski definition) is 3. The van der Waals surface area contributed by atoms with Crippen molar-refractivity contribution in [1.82, 2.24) is 9.78 Å². The molecule has 1 aromatic carbocycles. The van der Waals surface area contributed by atoms with Gasteiger partial charge < -0.3 is 5.32 Å². The van der Waals surface area contributed by atoms with Gasteiger partial charge in [0.15, 0.2) is 0 Å². The fourth-order valence-corrected chi connectivity index (χ4v) is 2.48. The monoisotopic (exact) mass is 329 g/mol. The third kappa shape index (κ3) is 4.27. The minimum atomic E-state index is -2.48. The van der Waals surface area contributed by atoms with Gasteiger partial charge in [0.05, 0.1) is 11.4 Å². The molecule has 0 radical (unpaired) electrons. The molecule has 0 fully saturated rings. The Hall–Kier alpha value is -1.96. The van der Waals surface area contributed by atoms with Crippen LogP contribution in [0.1, 0.15) is 13.0 Å². The minimum absolute atomic E-state index is 0.176. The number of alkyl halides is 2. The van der Waals surface area contributed by atoms with Crippen LogP contribution in [0.5, 0.6) is 0 Å². The number of thioether (sulfide) groups is 1. The second kappa shape index (κ2) is 7.35. The Morgan fingerprint density at radius 2 is 2.23 bits per heavy atom. The molecule has 0 aliphatic rings.